The van der Waals surface area contributed by atoms with Crippen LogP contribution in [0.2, 0.25) is 0 Å². The molecule has 23 heavy (non-hydrogen) atoms. The number of hydrogen-bond donors (Lipinski definition) is 0. The Balaban J connectivity index is 2.29. The van der Waals surface area contributed by atoms with Crippen molar-refractivity contribution < 1.29 is 38.1 Å². The van der Waals surface area contributed by atoms with Crippen LogP contribution >= 0.6 is 0 Å². The molecule has 0 saturated carbocycles. The second kappa shape index (κ2) is 6.95. The van der Waals surface area contributed by atoms with E-state index in [2.05, 4.69) is 9.73 Å². The van der Waals surface area contributed by atoms with Gasteiger partial charge in [0.15, 0.2) is 24.1 Å². The van der Waals surface area contributed by atoms with E-state index >= 15 is 0 Å². The molecule has 9 nitrogen and oxygen atoms in total. The fourth-order valence-electron chi connectivity index (χ4n) is 2.61. The Hall–Kier alpha value is -2.16. The van der Waals surface area contributed by atoms with Gasteiger partial charge in [-0.05, 0) is 0 Å². The number of ether oxygens (including phenoxy) is 5. The van der Waals surface area contributed by atoms with Gasteiger partial charge < -0.3 is 23.7 Å². The summed E-state index contributed by atoms with van der Waals surface area (Å²) in [6, 6.07) is -0.669. The Morgan fingerprint density at radius 2 is 1.74 bits per heavy atom. The third kappa shape index (κ3) is 3.98. The molecule has 1 fully saturated rings. The molecular formula is C14H19NO8. The lowest BCUT2D eigenvalue weighted by atomic mass is 9.95. The van der Waals surface area contributed by atoms with Crippen molar-refractivity contribution in [1.29, 1.82) is 0 Å². The zero-order chi connectivity index (χ0) is 17.1. The monoisotopic (exact) mass is 329 g/mol. The van der Waals surface area contributed by atoms with Crippen LogP contribution in [0.4, 0.5) is 0 Å². The molecular weight excluding hydrogens is 310 g/mol. The summed E-state index contributed by atoms with van der Waals surface area (Å²) in [5.74, 6) is -1.35. The van der Waals surface area contributed by atoms with Gasteiger partial charge in [0.25, 0.3) is 0 Å². The van der Waals surface area contributed by atoms with Gasteiger partial charge in [-0.1, -0.05) is 0 Å². The Kier molecular flexibility index (Phi) is 5.19. The maximum atomic E-state index is 11.6. The quantitative estimate of drug-likeness (QED) is 0.522. The summed E-state index contributed by atoms with van der Waals surface area (Å²) in [5, 5.41) is 0. The lowest BCUT2D eigenvalue weighted by Crippen LogP contribution is -2.59. The molecule has 0 radical (unpaired) electrons. The summed E-state index contributed by atoms with van der Waals surface area (Å²) < 4.78 is 26.2. The number of rotatable bonds is 4. The first-order valence-corrected chi connectivity index (χ1v) is 7.09. The molecule has 2 heterocycles. The number of hydrogen-bond acceptors (Lipinski definition) is 9. The summed E-state index contributed by atoms with van der Waals surface area (Å²) in [7, 11) is 1.23. The zero-order valence-corrected chi connectivity index (χ0v) is 13.3. The third-order valence-electron chi connectivity index (χ3n) is 3.43. The van der Waals surface area contributed by atoms with Gasteiger partial charge >= 0.3 is 17.9 Å². The molecule has 0 aliphatic carbocycles. The molecule has 0 N–H and O–H groups in total. The van der Waals surface area contributed by atoms with Crippen molar-refractivity contribution >= 4 is 23.8 Å². The van der Waals surface area contributed by atoms with Gasteiger partial charge in [-0.2, -0.15) is 0 Å². The first-order chi connectivity index (χ1) is 10.8. The summed E-state index contributed by atoms with van der Waals surface area (Å²) in [5.41, 5.74) is 0. The highest BCUT2D eigenvalue weighted by Crippen LogP contribution is 2.33. The van der Waals surface area contributed by atoms with E-state index in [-0.39, 0.29) is 6.42 Å². The topological polar surface area (TPSA) is 110 Å². The molecule has 5 unspecified atom stereocenters. The molecule has 2 rings (SSSR count). The maximum absolute atomic E-state index is 11.6. The number of aliphatic imine (C=N–C) groups is 1. The molecule has 0 bridgehead atoms. The summed E-state index contributed by atoms with van der Waals surface area (Å²) >= 11 is 0. The van der Waals surface area contributed by atoms with Crippen LogP contribution in [-0.4, -0.2) is 61.6 Å². The van der Waals surface area contributed by atoms with Crippen molar-refractivity contribution in [3.8, 4) is 0 Å². The minimum absolute atomic E-state index is 0.183. The number of carbonyl (C=O) groups excluding carboxylic acids is 3. The second-order valence-electron chi connectivity index (χ2n) is 5.23. The molecule has 0 spiro atoms. The smallest absolute Gasteiger partial charge is 0.308 e. The second-order valence-corrected chi connectivity index (χ2v) is 5.23. The average molecular weight is 329 g/mol. The van der Waals surface area contributed by atoms with Crippen molar-refractivity contribution in [3.05, 3.63) is 0 Å². The van der Waals surface area contributed by atoms with Gasteiger partial charge in [0.2, 0.25) is 6.29 Å². The predicted octanol–water partition coefficient (Wildman–Crippen LogP) is -0.0450. The minimum Gasteiger partial charge on any atom is -0.469 e. The van der Waals surface area contributed by atoms with E-state index in [4.69, 9.17) is 18.9 Å². The molecule has 0 amide bonds. The van der Waals surface area contributed by atoms with E-state index in [1.807, 2.05) is 0 Å². The van der Waals surface area contributed by atoms with E-state index < -0.39 is 48.6 Å². The molecule has 0 aromatic rings. The van der Waals surface area contributed by atoms with Crippen LogP contribution in [0.25, 0.3) is 0 Å². The lowest BCUT2D eigenvalue weighted by Gasteiger charge is -2.40. The van der Waals surface area contributed by atoms with Crippen molar-refractivity contribution in [2.75, 3.05) is 7.11 Å². The fourth-order valence-corrected chi connectivity index (χ4v) is 2.61. The van der Waals surface area contributed by atoms with Gasteiger partial charge in [-0.3, -0.25) is 14.4 Å². The van der Waals surface area contributed by atoms with Crippen LogP contribution < -0.4 is 0 Å². The standard InChI is InChI=1S/C14H19NO8/c1-6-15-11-13(22-8(3)17)12(21-7(2)16)9(5-10(18)19-4)23-14(11)20-6/h9,11-14H,5H2,1-4H3. The number of esters is 3. The lowest BCUT2D eigenvalue weighted by molar-refractivity contribution is -0.243. The molecule has 1 saturated heterocycles. The fraction of sp³-hybridized carbons (Fsp3) is 0.714. The normalized spacial score (nSPS) is 32.2. The Labute approximate surface area is 132 Å². The van der Waals surface area contributed by atoms with Gasteiger partial charge in [-0.25, -0.2) is 4.99 Å². The Morgan fingerprint density at radius 1 is 1.13 bits per heavy atom. The summed E-state index contributed by atoms with van der Waals surface area (Å²) in [4.78, 5) is 38.6. The molecule has 9 heteroatoms. The highest BCUT2D eigenvalue weighted by atomic mass is 16.7. The van der Waals surface area contributed by atoms with Crippen LogP contribution in [0.15, 0.2) is 4.99 Å². The summed E-state index contributed by atoms with van der Waals surface area (Å²) in [6.07, 6.45) is -3.78. The van der Waals surface area contributed by atoms with E-state index in [0.29, 0.717) is 5.90 Å². The third-order valence-corrected chi connectivity index (χ3v) is 3.43. The van der Waals surface area contributed by atoms with E-state index in [9.17, 15) is 14.4 Å². The number of nitrogens with zero attached hydrogens (tertiary/aromatic N) is 1. The molecule has 2 aliphatic rings. The average Bonchev–Trinajstić information content (AvgIpc) is 2.81. The SMILES string of the molecule is COC(=O)CC1OC2OC(C)=NC2C(OC(C)=O)C1OC(C)=O. The van der Waals surface area contributed by atoms with E-state index in [1.165, 1.54) is 21.0 Å². The van der Waals surface area contributed by atoms with Crippen molar-refractivity contribution in [2.24, 2.45) is 4.99 Å². The first kappa shape index (κ1) is 17.2. The van der Waals surface area contributed by atoms with Crippen molar-refractivity contribution in [2.45, 2.75) is 57.8 Å². The number of methoxy groups -OCH3 is 1. The minimum atomic E-state index is -0.991. The van der Waals surface area contributed by atoms with Gasteiger partial charge in [0, 0.05) is 20.8 Å². The van der Waals surface area contributed by atoms with Gasteiger partial charge in [0.1, 0.15) is 6.10 Å². The largest absolute Gasteiger partial charge is 0.469 e. The van der Waals surface area contributed by atoms with Crippen LogP contribution in [-0.2, 0) is 38.1 Å². The zero-order valence-electron chi connectivity index (χ0n) is 13.3. The molecule has 0 aromatic heterocycles. The Morgan fingerprint density at radius 3 is 2.30 bits per heavy atom. The first-order valence-electron chi connectivity index (χ1n) is 7.09. The molecule has 5 atom stereocenters. The maximum Gasteiger partial charge on any atom is 0.308 e. The predicted molar refractivity (Wildman–Crippen MR) is 74.4 cm³/mol. The number of fused-ring (bicyclic) bond motifs is 1. The molecule has 0 aromatic carbocycles. The van der Waals surface area contributed by atoms with Gasteiger partial charge in [0.05, 0.1) is 13.5 Å². The van der Waals surface area contributed by atoms with Crippen molar-refractivity contribution in [3.63, 3.8) is 0 Å². The van der Waals surface area contributed by atoms with Crippen LogP contribution in [0, 0.1) is 0 Å². The highest BCUT2D eigenvalue weighted by Gasteiger charge is 2.53. The van der Waals surface area contributed by atoms with Crippen LogP contribution in [0.1, 0.15) is 27.2 Å². The van der Waals surface area contributed by atoms with Crippen molar-refractivity contribution in [1.82, 2.24) is 0 Å². The van der Waals surface area contributed by atoms with Crippen LogP contribution in [0.3, 0.4) is 0 Å². The molecule has 128 valence electrons. The van der Waals surface area contributed by atoms with E-state index in [1.54, 1.807) is 6.92 Å². The molecule has 2 aliphatic heterocycles. The summed E-state index contributed by atoms with van der Waals surface area (Å²) in [6.45, 7) is 4.07. The Bertz CT molecular complexity index is 531. The van der Waals surface area contributed by atoms with E-state index in [0.717, 1.165) is 0 Å². The van der Waals surface area contributed by atoms with Crippen LogP contribution in [0.5, 0.6) is 0 Å². The number of carbonyl (C=O) groups is 3. The highest BCUT2D eigenvalue weighted by molar-refractivity contribution is 5.75. The van der Waals surface area contributed by atoms with Gasteiger partial charge in [-0.15, -0.1) is 0 Å².